The first-order valence-corrected chi connectivity index (χ1v) is 7.89. The Morgan fingerprint density at radius 2 is 1.81 bits per heavy atom. The van der Waals surface area contributed by atoms with E-state index in [-0.39, 0.29) is 5.91 Å². The van der Waals surface area contributed by atoms with Gasteiger partial charge in [-0.1, -0.05) is 26.0 Å². The lowest BCUT2D eigenvalue weighted by Crippen LogP contribution is -2.47. The van der Waals surface area contributed by atoms with Crippen molar-refractivity contribution in [2.24, 2.45) is 0 Å². The number of likely N-dealkylation sites (N-methyl/N-ethyl adjacent to an activating group) is 1. The van der Waals surface area contributed by atoms with Gasteiger partial charge in [0.1, 0.15) is 0 Å². The highest BCUT2D eigenvalue weighted by Crippen LogP contribution is 2.20. The van der Waals surface area contributed by atoms with Crippen molar-refractivity contribution >= 4 is 11.6 Å². The Morgan fingerprint density at radius 1 is 1.19 bits per heavy atom. The van der Waals surface area contributed by atoms with Crippen molar-refractivity contribution in [3.05, 3.63) is 29.8 Å². The number of hydrogen-bond acceptors (Lipinski definition) is 3. The molecular weight excluding hydrogens is 262 g/mol. The van der Waals surface area contributed by atoms with Crippen molar-refractivity contribution in [2.45, 2.75) is 26.2 Å². The van der Waals surface area contributed by atoms with E-state index < -0.39 is 0 Å². The molecule has 0 aliphatic carbocycles. The lowest BCUT2D eigenvalue weighted by atomic mass is 9.99. The molecule has 2 rings (SSSR count). The number of anilines is 1. The zero-order valence-electron chi connectivity index (χ0n) is 13.4. The van der Waals surface area contributed by atoms with Crippen LogP contribution in [0.5, 0.6) is 0 Å². The van der Waals surface area contributed by atoms with Gasteiger partial charge in [-0.15, -0.1) is 0 Å². The molecule has 0 radical (unpaired) electrons. The monoisotopic (exact) mass is 289 g/mol. The van der Waals surface area contributed by atoms with Crippen LogP contribution in [0.4, 0.5) is 5.69 Å². The molecule has 1 heterocycles. The SMILES string of the molecule is CC[C@H](C)c1ccc(NC(=O)CN2CCN(C)CC2)cc1. The van der Waals surface area contributed by atoms with Gasteiger partial charge in [-0.2, -0.15) is 0 Å². The molecule has 1 aliphatic heterocycles. The number of nitrogens with zero attached hydrogens (tertiary/aromatic N) is 2. The van der Waals surface area contributed by atoms with Crippen LogP contribution >= 0.6 is 0 Å². The van der Waals surface area contributed by atoms with E-state index in [1.807, 2.05) is 12.1 Å². The average molecular weight is 289 g/mol. The molecule has 0 saturated carbocycles. The highest BCUT2D eigenvalue weighted by atomic mass is 16.2. The third-order valence-corrected chi connectivity index (χ3v) is 4.34. The highest BCUT2D eigenvalue weighted by molar-refractivity contribution is 5.92. The van der Waals surface area contributed by atoms with Crippen molar-refractivity contribution in [3.8, 4) is 0 Å². The molecule has 1 aromatic carbocycles. The van der Waals surface area contributed by atoms with Crippen molar-refractivity contribution < 1.29 is 4.79 Å². The van der Waals surface area contributed by atoms with Gasteiger partial charge in [0, 0.05) is 31.9 Å². The maximum atomic E-state index is 12.1. The van der Waals surface area contributed by atoms with Crippen molar-refractivity contribution in [3.63, 3.8) is 0 Å². The average Bonchev–Trinajstić information content (AvgIpc) is 2.49. The lowest BCUT2D eigenvalue weighted by molar-refractivity contribution is -0.117. The van der Waals surface area contributed by atoms with Crippen LogP contribution in [0.1, 0.15) is 31.7 Å². The molecule has 1 aliphatic rings. The van der Waals surface area contributed by atoms with E-state index in [0.29, 0.717) is 12.5 Å². The van der Waals surface area contributed by atoms with Crippen LogP contribution in [-0.4, -0.2) is 55.5 Å². The van der Waals surface area contributed by atoms with Gasteiger partial charge >= 0.3 is 0 Å². The maximum Gasteiger partial charge on any atom is 0.238 e. The van der Waals surface area contributed by atoms with E-state index in [2.05, 4.69) is 48.1 Å². The standard InChI is InChI=1S/C17H27N3O/c1-4-14(2)15-5-7-16(8-6-15)18-17(21)13-20-11-9-19(3)10-12-20/h5-8,14H,4,9-13H2,1-3H3,(H,18,21)/t14-/m0/s1. The van der Waals surface area contributed by atoms with Crippen molar-refractivity contribution in [1.29, 1.82) is 0 Å². The Hall–Kier alpha value is -1.39. The molecular formula is C17H27N3O. The van der Waals surface area contributed by atoms with Gasteiger partial charge in [-0.3, -0.25) is 9.69 Å². The van der Waals surface area contributed by atoms with E-state index in [1.54, 1.807) is 0 Å². The van der Waals surface area contributed by atoms with Crippen LogP contribution in [0.15, 0.2) is 24.3 Å². The molecule has 0 aromatic heterocycles. The molecule has 1 amide bonds. The predicted octanol–water partition coefficient (Wildman–Crippen LogP) is 2.39. The van der Waals surface area contributed by atoms with Crippen molar-refractivity contribution in [1.82, 2.24) is 9.80 Å². The van der Waals surface area contributed by atoms with Gasteiger partial charge in [0.25, 0.3) is 0 Å². The lowest BCUT2D eigenvalue weighted by Gasteiger charge is -2.31. The maximum absolute atomic E-state index is 12.1. The number of carbonyl (C=O) groups is 1. The van der Waals surface area contributed by atoms with Crippen LogP contribution in [0.25, 0.3) is 0 Å². The van der Waals surface area contributed by atoms with Gasteiger partial charge in [0.2, 0.25) is 5.91 Å². The summed E-state index contributed by atoms with van der Waals surface area (Å²) in [5, 5.41) is 2.99. The van der Waals surface area contributed by atoms with Crippen LogP contribution < -0.4 is 5.32 Å². The minimum Gasteiger partial charge on any atom is -0.325 e. The fourth-order valence-corrected chi connectivity index (χ4v) is 2.54. The van der Waals surface area contributed by atoms with E-state index in [1.165, 1.54) is 5.56 Å². The summed E-state index contributed by atoms with van der Waals surface area (Å²) in [4.78, 5) is 16.6. The molecule has 0 unspecified atom stereocenters. The minimum absolute atomic E-state index is 0.0795. The molecule has 1 atom stereocenters. The second-order valence-electron chi connectivity index (χ2n) is 6.06. The Labute approximate surface area is 128 Å². The molecule has 1 fully saturated rings. The van der Waals surface area contributed by atoms with Gasteiger partial charge in [0.15, 0.2) is 0 Å². The second kappa shape index (κ2) is 7.57. The molecule has 21 heavy (non-hydrogen) atoms. The Kier molecular flexibility index (Phi) is 5.76. The van der Waals surface area contributed by atoms with Crippen LogP contribution in [0, 0.1) is 0 Å². The molecule has 4 heteroatoms. The number of carbonyl (C=O) groups excluding carboxylic acids is 1. The van der Waals surface area contributed by atoms with Gasteiger partial charge < -0.3 is 10.2 Å². The van der Waals surface area contributed by atoms with E-state index in [0.717, 1.165) is 38.3 Å². The number of hydrogen-bond donors (Lipinski definition) is 1. The topological polar surface area (TPSA) is 35.6 Å². The quantitative estimate of drug-likeness (QED) is 0.904. The third kappa shape index (κ3) is 4.83. The summed E-state index contributed by atoms with van der Waals surface area (Å²) in [5.74, 6) is 0.649. The fourth-order valence-electron chi connectivity index (χ4n) is 2.54. The molecule has 0 spiro atoms. The molecule has 116 valence electrons. The summed E-state index contributed by atoms with van der Waals surface area (Å²) < 4.78 is 0. The van der Waals surface area contributed by atoms with Crippen LogP contribution in [0.2, 0.25) is 0 Å². The Balaban J connectivity index is 1.82. The minimum atomic E-state index is 0.0795. The first-order chi connectivity index (χ1) is 10.1. The van der Waals surface area contributed by atoms with Gasteiger partial charge in [-0.05, 0) is 37.1 Å². The summed E-state index contributed by atoms with van der Waals surface area (Å²) in [6, 6.07) is 8.23. The highest BCUT2D eigenvalue weighted by Gasteiger charge is 2.16. The Morgan fingerprint density at radius 3 is 2.38 bits per heavy atom. The summed E-state index contributed by atoms with van der Waals surface area (Å²) in [5.41, 5.74) is 2.22. The summed E-state index contributed by atoms with van der Waals surface area (Å²) in [7, 11) is 2.12. The van der Waals surface area contributed by atoms with E-state index in [9.17, 15) is 4.79 Å². The summed E-state index contributed by atoms with van der Waals surface area (Å²) in [6.45, 7) is 8.92. The number of amides is 1. The summed E-state index contributed by atoms with van der Waals surface area (Å²) in [6.07, 6.45) is 1.13. The zero-order valence-corrected chi connectivity index (χ0v) is 13.4. The first-order valence-electron chi connectivity index (χ1n) is 7.89. The second-order valence-corrected chi connectivity index (χ2v) is 6.06. The van der Waals surface area contributed by atoms with E-state index in [4.69, 9.17) is 0 Å². The van der Waals surface area contributed by atoms with Gasteiger partial charge in [-0.25, -0.2) is 0 Å². The predicted molar refractivity (Wildman–Crippen MR) is 87.7 cm³/mol. The van der Waals surface area contributed by atoms with Crippen LogP contribution in [-0.2, 0) is 4.79 Å². The van der Waals surface area contributed by atoms with E-state index >= 15 is 0 Å². The third-order valence-electron chi connectivity index (χ3n) is 4.34. The first kappa shape index (κ1) is 16.0. The number of piperazine rings is 1. The van der Waals surface area contributed by atoms with Gasteiger partial charge in [0.05, 0.1) is 6.54 Å². The molecule has 1 saturated heterocycles. The molecule has 4 nitrogen and oxygen atoms in total. The van der Waals surface area contributed by atoms with Crippen LogP contribution in [0.3, 0.4) is 0 Å². The largest absolute Gasteiger partial charge is 0.325 e. The smallest absolute Gasteiger partial charge is 0.238 e. The number of rotatable bonds is 5. The number of benzene rings is 1. The Bertz CT molecular complexity index is 450. The van der Waals surface area contributed by atoms with Crippen molar-refractivity contribution in [2.75, 3.05) is 45.1 Å². The number of nitrogens with one attached hydrogen (secondary N) is 1. The molecule has 0 bridgehead atoms. The normalized spacial score (nSPS) is 18.4. The molecule has 1 N–H and O–H groups in total. The fraction of sp³-hybridized carbons (Fsp3) is 0.588. The summed E-state index contributed by atoms with van der Waals surface area (Å²) >= 11 is 0. The molecule has 1 aromatic rings. The zero-order chi connectivity index (χ0) is 15.2.